The highest BCUT2D eigenvalue weighted by molar-refractivity contribution is 5.80. The monoisotopic (exact) mass is 344 g/mol. The van der Waals surface area contributed by atoms with Crippen molar-refractivity contribution >= 4 is 11.8 Å². The summed E-state index contributed by atoms with van der Waals surface area (Å²) in [6.45, 7) is 6.42. The summed E-state index contributed by atoms with van der Waals surface area (Å²) in [5, 5.41) is 4.28. The van der Waals surface area contributed by atoms with E-state index in [0.29, 0.717) is 18.4 Å². The van der Waals surface area contributed by atoms with Crippen LogP contribution in [0.15, 0.2) is 12.4 Å². The molecule has 3 heterocycles. The molecule has 6 heteroatoms. The summed E-state index contributed by atoms with van der Waals surface area (Å²) >= 11 is 0. The Hall–Kier alpha value is -1.85. The van der Waals surface area contributed by atoms with Crippen LogP contribution in [-0.2, 0) is 9.59 Å². The van der Waals surface area contributed by atoms with E-state index in [0.717, 1.165) is 44.5 Å². The predicted molar refractivity (Wildman–Crippen MR) is 93.9 cm³/mol. The summed E-state index contributed by atoms with van der Waals surface area (Å²) in [7, 11) is 0. The van der Waals surface area contributed by atoms with Gasteiger partial charge in [-0.2, -0.15) is 5.10 Å². The molecule has 25 heavy (non-hydrogen) atoms. The maximum absolute atomic E-state index is 12.8. The van der Waals surface area contributed by atoms with Crippen LogP contribution < -0.4 is 0 Å². The third-order valence-corrected chi connectivity index (χ3v) is 6.30. The molecule has 1 saturated carbocycles. The van der Waals surface area contributed by atoms with Crippen LogP contribution in [0.4, 0.5) is 0 Å². The van der Waals surface area contributed by atoms with E-state index in [4.69, 9.17) is 0 Å². The molecule has 1 aromatic rings. The largest absolute Gasteiger partial charge is 0.341 e. The third kappa shape index (κ3) is 3.18. The minimum absolute atomic E-state index is 0.156. The molecule has 0 N–H and O–H groups in total. The maximum Gasteiger partial charge on any atom is 0.247 e. The lowest BCUT2D eigenvalue weighted by Crippen LogP contribution is -2.53. The Bertz CT molecular complexity index is 671. The van der Waals surface area contributed by atoms with Crippen molar-refractivity contribution < 1.29 is 9.59 Å². The zero-order valence-electron chi connectivity index (χ0n) is 15.3. The first-order valence-corrected chi connectivity index (χ1v) is 9.56. The fraction of sp³-hybridized carbons (Fsp3) is 0.737. The molecule has 6 nitrogen and oxygen atoms in total. The number of amides is 2. The van der Waals surface area contributed by atoms with Gasteiger partial charge in [-0.1, -0.05) is 0 Å². The molecule has 1 spiro atoms. The SMILES string of the molecule is Cc1cnn(C(C)C(=O)N2CCC3(CCC(=O)N(C4CC4)C3)CC2)c1. The standard InChI is InChI=1S/C19H28N4O2/c1-14-11-20-23(12-14)15(2)18(25)21-9-7-19(8-10-21)6-5-17(24)22(13-19)16-3-4-16/h11-12,15-16H,3-10,13H2,1-2H3. The molecular weight excluding hydrogens is 316 g/mol. The molecule has 1 atom stereocenters. The minimum atomic E-state index is -0.251. The third-order valence-electron chi connectivity index (χ3n) is 6.30. The molecule has 136 valence electrons. The number of aryl methyl sites for hydroxylation is 1. The summed E-state index contributed by atoms with van der Waals surface area (Å²) in [6.07, 6.45) is 9.77. The zero-order chi connectivity index (χ0) is 17.6. The average molecular weight is 344 g/mol. The van der Waals surface area contributed by atoms with E-state index in [1.54, 1.807) is 10.9 Å². The second-order valence-electron chi connectivity index (χ2n) is 8.25. The van der Waals surface area contributed by atoms with Gasteiger partial charge in [0.2, 0.25) is 11.8 Å². The van der Waals surface area contributed by atoms with Crippen molar-refractivity contribution in [2.75, 3.05) is 19.6 Å². The van der Waals surface area contributed by atoms with Crippen molar-refractivity contribution in [2.45, 2.75) is 64.5 Å². The molecule has 4 rings (SSSR count). The Balaban J connectivity index is 1.37. The fourth-order valence-electron chi connectivity index (χ4n) is 4.40. The van der Waals surface area contributed by atoms with E-state index in [9.17, 15) is 9.59 Å². The van der Waals surface area contributed by atoms with Crippen LogP contribution in [0.3, 0.4) is 0 Å². The lowest BCUT2D eigenvalue weighted by atomic mass is 9.72. The highest BCUT2D eigenvalue weighted by Gasteiger charge is 2.45. The van der Waals surface area contributed by atoms with Gasteiger partial charge in [0.15, 0.2) is 0 Å². The summed E-state index contributed by atoms with van der Waals surface area (Å²) in [5.41, 5.74) is 1.31. The van der Waals surface area contributed by atoms with Crippen LogP contribution in [-0.4, -0.2) is 57.1 Å². The van der Waals surface area contributed by atoms with E-state index >= 15 is 0 Å². The molecule has 2 saturated heterocycles. The topological polar surface area (TPSA) is 58.4 Å². The Morgan fingerprint density at radius 3 is 2.60 bits per heavy atom. The van der Waals surface area contributed by atoms with Crippen molar-refractivity contribution in [3.63, 3.8) is 0 Å². The van der Waals surface area contributed by atoms with Gasteiger partial charge in [-0.05, 0) is 56.9 Å². The smallest absolute Gasteiger partial charge is 0.247 e. The van der Waals surface area contributed by atoms with Gasteiger partial charge in [0.25, 0.3) is 0 Å². The normalized spacial score (nSPS) is 24.6. The van der Waals surface area contributed by atoms with E-state index in [2.05, 4.69) is 10.00 Å². The molecule has 2 amide bonds. The predicted octanol–water partition coefficient (Wildman–Crippen LogP) is 2.15. The molecule has 1 aromatic heterocycles. The minimum Gasteiger partial charge on any atom is -0.341 e. The van der Waals surface area contributed by atoms with Crippen molar-refractivity contribution in [1.82, 2.24) is 19.6 Å². The Kier molecular flexibility index (Phi) is 4.08. The molecule has 1 aliphatic carbocycles. The van der Waals surface area contributed by atoms with Gasteiger partial charge in [-0.25, -0.2) is 0 Å². The Morgan fingerprint density at radius 2 is 2.00 bits per heavy atom. The van der Waals surface area contributed by atoms with Gasteiger partial charge in [-0.3, -0.25) is 14.3 Å². The molecule has 3 aliphatic rings. The summed E-state index contributed by atoms with van der Waals surface area (Å²) < 4.78 is 1.76. The lowest BCUT2D eigenvalue weighted by Gasteiger charge is -2.48. The Labute approximate surface area is 149 Å². The highest BCUT2D eigenvalue weighted by atomic mass is 16.2. The Morgan fingerprint density at radius 1 is 1.28 bits per heavy atom. The van der Waals surface area contributed by atoms with Crippen LogP contribution >= 0.6 is 0 Å². The van der Waals surface area contributed by atoms with Gasteiger partial charge in [0, 0.05) is 38.3 Å². The maximum atomic E-state index is 12.8. The van der Waals surface area contributed by atoms with Gasteiger partial charge in [0.05, 0.1) is 6.20 Å². The molecule has 0 aromatic carbocycles. The van der Waals surface area contributed by atoms with E-state index < -0.39 is 0 Å². The van der Waals surface area contributed by atoms with Crippen LogP contribution in [0, 0.1) is 12.3 Å². The van der Waals surface area contributed by atoms with Crippen molar-refractivity contribution in [2.24, 2.45) is 5.41 Å². The van der Waals surface area contributed by atoms with Gasteiger partial charge < -0.3 is 9.80 Å². The first-order valence-electron chi connectivity index (χ1n) is 9.56. The van der Waals surface area contributed by atoms with Crippen LogP contribution in [0.25, 0.3) is 0 Å². The van der Waals surface area contributed by atoms with Crippen molar-refractivity contribution in [1.29, 1.82) is 0 Å². The number of likely N-dealkylation sites (tertiary alicyclic amines) is 2. The number of piperidine rings is 2. The van der Waals surface area contributed by atoms with Gasteiger partial charge in [-0.15, -0.1) is 0 Å². The lowest BCUT2D eigenvalue weighted by molar-refractivity contribution is -0.144. The van der Waals surface area contributed by atoms with Crippen molar-refractivity contribution in [3.05, 3.63) is 18.0 Å². The fourth-order valence-corrected chi connectivity index (χ4v) is 4.40. The zero-order valence-corrected chi connectivity index (χ0v) is 15.3. The molecule has 3 fully saturated rings. The number of carbonyl (C=O) groups excluding carboxylic acids is 2. The van der Waals surface area contributed by atoms with Crippen LogP contribution in [0.5, 0.6) is 0 Å². The molecule has 0 bridgehead atoms. The number of rotatable bonds is 3. The van der Waals surface area contributed by atoms with Gasteiger partial charge >= 0.3 is 0 Å². The highest BCUT2D eigenvalue weighted by Crippen LogP contribution is 2.43. The summed E-state index contributed by atoms with van der Waals surface area (Å²) in [5.74, 6) is 0.498. The van der Waals surface area contributed by atoms with E-state index in [1.165, 1.54) is 12.8 Å². The van der Waals surface area contributed by atoms with Gasteiger partial charge in [0.1, 0.15) is 6.04 Å². The molecular formula is C19H28N4O2. The molecule has 0 radical (unpaired) electrons. The summed E-state index contributed by atoms with van der Waals surface area (Å²) in [6, 6.07) is 0.256. The van der Waals surface area contributed by atoms with Crippen LogP contribution in [0.2, 0.25) is 0 Å². The van der Waals surface area contributed by atoms with E-state index in [1.807, 2.05) is 24.9 Å². The quantitative estimate of drug-likeness (QED) is 0.844. The number of hydrogen-bond donors (Lipinski definition) is 0. The summed E-state index contributed by atoms with van der Waals surface area (Å²) in [4.78, 5) is 29.1. The van der Waals surface area contributed by atoms with Crippen molar-refractivity contribution in [3.8, 4) is 0 Å². The number of carbonyl (C=O) groups is 2. The first-order chi connectivity index (χ1) is 12.0. The first kappa shape index (κ1) is 16.6. The molecule has 2 aliphatic heterocycles. The van der Waals surface area contributed by atoms with E-state index in [-0.39, 0.29) is 17.4 Å². The average Bonchev–Trinajstić information content (AvgIpc) is 3.37. The van der Waals surface area contributed by atoms with Crippen LogP contribution in [0.1, 0.15) is 57.1 Å². The second-order valence-corrected chi connectivity index (χ2v) is 8.25. The number of hydrogen-bond acceptors (Lipinski definition) is 3. The number of nitrogens with zero attached hydrogens (tertiary/aromatic N) is 4. The molecule has 1 unspecified atom stereocenters. The second kappa shape index (κ2) is 6.15. The number of aromatic nitrogens is 2.